The van der Waals surface area contributed by atoms with Crippen LogP contribution >= 0.6 is 11.6 Å². The number of rotatable bonds is 6. The van der Waals surface area contributed by atoms with E-state index in [9.17, 15) is 4.79 Å². The molecular weight excluding hydrogens is 256 g/mol. The molecule has 1 atom stereocenters. The number of benzene rings is 1. The van der Waals surface area contributed by atoms with Gasteiger partial charge in [0.15, 0.2) is 17.3 Å². The summed E-state index contributed by atoms with van der Waals surface area (Å²) in [5.74, 6) is 0.888. The minimum atomic E-state index is -0.678. The summed E-state index contributed by atoms with van der Waals surface area (Å²) in [6.07, 6.45) is -0.300. The maximum atomic E-state index is 11.8. The fraction of sp³-hybridized carbons (Fsp3) is 0.462. The molecule has 0 amide bonds. The zero-order valence-electron chi connectivity index (χ0n) is 11.0. The highest BCUT2D eigenvalue weighted by molar-refractivity contribution is 6.33. The van der Waals surface area contributed by atoms with Gasteiger partial charge in [-0.1, -0.05) is 24.6 Å². The lowest BCUT2D eigenvalue weighted by Gasteiger charge is -2.18. The monoisotopic (exact) mass is 272 g/mol. The van der Waals surface area contributed by atoms with Crippen molar-refractivity contribution < 1.29 is 19.0 Å². The predicted octanol–water partition coefficient (Wildman–Crippen LogP) is 3.02. The number of ketones is 1. The molecule has 18 heavy (non-hydrogen) atoms. The first-order chi connectivity index (χ1) is 8.60. The fourth-order valence-electron chi connectivity index (χ4n) is 1.72. The molecular formula is C13H17ClO4. The van der Waals surface area contributed by atoms with E-state index < -0.39 is 6.10 Å². The van der Waals surface area contributed by atoms with Crippen molar-refractivity contribution in [2.24, 2.45) is 0 Å². The van der Waals surface area contributed by atoms with Crippen LogP contribution in [-0.2, 0) is 9.53 Å². The van der Waals surface area contributed by atoms with Crippen LogP contribution < -0.4 is 9.47 Å². The number of halogens is 1. The summed E-state index contributed by atoms with van der Waals surface area (Å²) in [6, 6.07) is 3.42. The summed E-state index contributed by atoms with van der Waals surface area (Å²) in [4.78, 5) is 11.8. The molecule has 0 saturated heterocycles. The van der Waals surface area contributed by atoms with Gasteiger partial charge in [-0.05, 0) is 6.07 Å². The Bertz CT molecular complexity index is 431. The van der Waals surface area contributed by atoms with Crippen LogP contribution in [0.4, 0.5) is 0 Å². The summed E-state index contributed by atoms with van der Waals surface area (Å²) in [5, 5.41) is 0.338. The van der Waals surface area contributed by atoms with Gasteiger partial charge in [0.25, 0.3) is 0 Å². The normalized spacial score (nSPS) is 12.1. The van der Waals surface area contributed by atoms with Crippen LogP contribution in [0.5, 0.6) is 11.5 Å². The molecule has 1 aromatic carbocycles. The third-order valence-corrected chi connectivity index (χ3v) is 3.06. The second kappa shape index (κ2) is 6.61. The molecule has 0 aromatic heterocycles. The molecule has 4 nitrogen and oxygen atoms in total. The largest absolute Gasteiger partial charge is 0.493 e. The third-order valence-electron chi connectivity index (χ3n) is 2.67. The molecule has 1 unspecified atom stereocenters. The third kappa shape index (κ3) is 2.76. The van der Waals surface area contributed by atoms with Crippen LogP contribution in [0.2, 0.25) is 5.02 Å². The standard InChI is InChI=1S/C13H17ClO4/c1-5-9(15)12(17-3)8-6-7-10(16-2)13(18-4)11(8)14/h6-7,12H,5H2,1-4H3. The number of ether oxygens (including phenoxy) is 3. The Morgan fingerprint density at radius 3 is 2.39 bits per heavy atom. The predicted molar refractivity (Wildman–Crippen MR) is 69.6 cm³/mol. The number of hydrogen-bond donors (Lipinski definition) is 0. The molecule has 1 aromatic rings. The fourth-order valence-corrected chi connectivity index (χ4v) is 2.06. The Kier molecular flexibility index (Phi) is 5.44. The molecule has 100 valence electrons. The van der Waals surface area contributed by atoms with Gasteiger partial charge in [0, 0.05) is 19.1 Å². The lowest BCUT2D eigenvalue weighted by Crippen LogP contribution is -2.14. The van der Waals surface area contributed by atoms with Crippen molar-refractivity contribution in [3.05, 3.63) is 22.7 Å². The van der Waals surface area contributed by atoms with Crippen LogP contribution in [0.25, 0.3) is 0 Å². The number of Topliss-reactive ketones (excluding diaryl/α,β-unsaturated/α-hetero) is 1. The van der Waals surface area contributed by atoms with Gasteiger partial charge < -0.3 is 14.2 Å². The Labute approximate surface area is 112 Å². The molecule has 0 aliphatic rings. The Balaban J connectivity index is 3.28. The molecule has 0 aliphatic heterocycles. The minimum absolute atomic E-state index is 0.0355. The molecule has 0 radical (unpaired) electrons. The topological polar surface area (TPSA) is 44.8 Å². The van der Waals surface area contributed by atoms with Crippen LogP contribution in [0, 0.1) is 0 Å². The smallest absolute Gasteiger partial charge is 0.179 e. The van der Waals surface area contributed by atoms with E-state index in [1.807, 2.05) is 0 Å². The van der Waals surface area contributed by atoms with Gasteiger partial charge in [0.2, 0.25) is 0 Å². The van der Waals surface area contributed by atoms with Crippen LogP contribution in [-0.4, -0.2) is 27.1 Å². The van der Waals surface area contributed by atoms with Gasteiger partial charge in [-0.15, -0.1) is 0 Å². The van der Waals surface area contributed by atoms with Crippen LogP contribution in [0.15, 0.2) is 12.1 Å². The molecule has 0 fully saturated rings. The van der Waals surface area contributed by atoms with Gasteiger partial charge in [0.1, 0.15) is 6.10 Å². The summed E-state index contributed by atoms with van der Waals surface area (Å²) in [7, 11) is 4.50. The zero-order chi connectivity index (χ0) is 13.7. The first kappa shape index (κ1) is 14.8. The Hall–Kier alpha value is -1.26. The second-order valence-electron chi connectivity index (χ2n) is 3.64. The Morgan fingerprint density at radius 1 is 1.28 bits per heavy atom. The van der Waals surface area contributed by atoms with Crippen molar-refractivity contribution in [2.75, 3.05) is 21.3 Å². The highest BCUT2D eigenvalue weighted by Gasteiger charge is 2.24. The van der Waals surface area contributed by atoms with E-state index in [1.54, 1.807) is 19.1 Å². The van der Waals surface area contributed by atoms with Crippen molar-refractivity contribution in [1.82, 2.24) is 0 Å². The molecule has 0 aliphatic carbocycles. The van der Waals surface area contributed by atoms with Gasteiger partial charge in [-0.25, -0.2) is 0 Å². The van der Waals surface area contributed by atoms with Crippen LogP contribution in [0.1, 0.15) is 25.0 Å². The first-order valence-electron chi connectivity index (χ1n) is 5.56. The SMILES string of the molecule is CCC(=O)C(OC)c1ccc(OC)c(OC)c1Cl. The van der Waals surface area contributed by atoms with E-state index in [0.717, 1.165) is 0 Å². The van der Waals surface area contributed by atoms with Crippen LogP contribution in [0.3, 0.4) is 0 Å². The van der Waals surface area contributed by atoms with E-state index in [4.69, 9.17) is 25.8 Å². The molecule has 1 rings (SSSR count). The van der Waals surface area contributed by atoms with Crippen molar-refractivity contribution in [1.29, 1.82) is 0 Å². The van der Waals surface area contributed by atoms with Gasteiger partial charge in [-0.3, -0.25) is 4.79 Å². The number of hydrogen-bond acceptors (Lipinski definition) is 4. The molecule has 0 heterocycles. The van der Waals surface area contributed by atoms with E-state index in [2.05, 4.69) is 0 Å². The quantitative estimate of drug-likeness (QED) is 0.798. The second-order valence-corrected chi connectivity index (χ2v) is 4.02. The van der Waals surface area contributed by atoms with Crippen molar-refractivity contribution in [3.63, 3.8) is 0 Å². The maximum Gasteiger partial charge on any atom is 0.179 e. The zero-order valence-corrected chi connectivity index (χ0v) is 11.7. The first-order valence-corrected chi connectivity index (χ1v) is 5.94. The summed E-state index contributed by atoms with van der Waals surface area (Å²) in [5.41, 5.74) is 0.587. The summed E-state index contributed by atoms with van der Waals surface area (Å²) in [6.45, 7) is 1.78. The molecule has 0 spiro atoms. The van der Waals surface area contributed by atoms with Crippen molar-refractivity contribution >= 4 is 17.4 Å². The summed E-state index contributed by atoms with van der Waals surface area (Å²) >= 11 is 6.23. The van der Waals surface area contributed by atoms with E-state index in [-0.39, 0.29) is 5.78 Å². The van der Waals surface area contributed by atoms with E-state index in [0.29, 0.717) is 28.5 Å². The molecule has 0 saturated carbocycles. The minimum Gasteiger partial charge on any atom is -0.493 e. The van der Waals surface area contributed by atoms with E-state index in [1.165, 1.54) is 21.3 Å². The number of carbonyl (C=O) groups excluding carboxylic acids is 1. The van der Waals surface area contributed by atoms with Gasteiger partial charge in [0.05, 0.1) is 19.2 Å². The molecule has 5 heteroatoms. The summed E-state index contributed by atoms with van der Waals surface area (Å²) < 4.78 is 15.5. The average Bonchev–Trinajstić information content (AvgIpc) is 2.40. The van der Waals surface area contributed by atoms with Crippen molar-refractivity contribution in [2.45, 2.75) is 19.4 Å². The average molecular weight is 273 g/mol. The molecule has 0 N–H and O–H groups in total. The molecule has 0 bridgehead atoms. The highest BCUT2D eigenvalue weighted by Crippen LogP contribution is 2.40. The highest BCUT2D eigenvalue weighted by atomic mass is 35.5. The lowest BCUT2D eigenvalue weighted by molar-refractivity contribution is -0.128. The van der Waals surface area contributed by atoms with Gasteiger partial charge >= 0.3 is 0 Å². The van der Waals surface area contributed by atoms with Crippen molar-refractivity contribution in [3.8, 4) is 11.5 Å². The van der Waals surface area contributed by atoms with Gasteiger partial charge in [-0.2, -0.15) is 0 Å². The number of methoxy groups -OCH3 is 3. The lowest BCUT2D eigenvalue weighted by atomic mass is 10.0. The Morgan fingerprint density at radius 2 is 1.94 bits per heavy atom. The maximum absolute atomic E-state index is 11.8. The number of carbonyl (C=O) groups is 1. The van der Waals surface area contributed by atoms with E-state index >= 15 is 0 Å².